The maximum atomic E-state index is 13.5. The van der Waals surface area contributed by atoms with Gasteiger partial charge in [-0.25, -0.2) is 18.4 Å². The molecule has 3 amide bonds. The van der Waals surface area contributed by atoms with Crippen LogP contribution >= 0.6 is 0 Å². The monoisotopic (exact) mass is 523 g/mol. The van der Waals surface area contributed by atoms with Crippen LogP contribution in [0.25, 0.3) is 12.2 Å². The van der Waals surface area contributed by atoms with Crippen LogP contribution < -0.4 is 0 Å². The number of halogens is 2. The highest BCUT2D eigenvalue weighted by Gasteiger charge is 2.34. The van der Waals surface area contributed by atoms with E-state index < -0.39 is 11.7 Å². The highest BCUT2D eigenvalue weighted by atomic mass is 19.1. The molecule has 0 unspecified atom stereocenters. The van der Waals surface area contributed by atoms with E-state index in [1.165, 1.54) is 24.3 Å². The molecule has 4 rings (SSSR count). The maximum absolute atomic E-state index is 13.5. The topological polar surface area (TPSA) is 70.2 Å². The number of nitrogens with zero attached hydrogens (tertiary/aromatic N) is 3. The van der Waals surface area contributed by atoms with Crippen molar-refractivity contribution in [1.82, 2.24) is 14.7 Å². The van der Waals surface area contributed by atoms with Gasteiger partial charge in [0.2, 0.25) is 0 Å². The van der Waals surface area contributed by atoms with Crippen LogP contribution in [0.2, 0.25) is 0 Å². The van der Waals surface area contributed by atoms with Crippen LogP contribution in [0.4, 0.5) is 18.4 Å². The largest absolute Gasteiger partial charge is 0.444 e. The molecule has 9 heteroatoms. The molecule has 0 saturated carbocycles. The van der Waals surface area contributed by atoms with Crippen molar-refractivity contribution in [3.05, 3.63) is 82.4 Å². The molecule has 7 nitrogen and oxygen atoms in total. The van der Waals surface area contributed by atoms with Crippen molar-refractivity contribution in [3.63, 3.8) is 0 Å². The van der Waals surface area contributed by atoms with Crippen molar-refractivity contribution in [2.75, 3.05) is 39.3 Å². The number of amides is 3. The van der Waals surface area contributed by atoms with Crippen molar-refractivity contribution < 1.29 is 27.9 Å². The van der Waals surface area contributed by atoms with Crippen molar-refractivity contribution in [2.24, 2.45) is 0 Å². The number of piperidine rings is 1. The lowest BCUT2D eigenvalue weighted by molar-refractivity contribution is -0.113. The van der Waals surface area contributed by atoms with Gasteiger partial charge < -0.3 is 19.4 Å². The molecule has 0 radical (unpaired) electrons. The smallest absolute Gasteiger partial charge is 0.410 e. The molecular formula is C29H31F2N3O4. The molecule has 2 aliphatic heterocycles. The Balaban J connectivity index is 1.54. The van der Waals surface area contributed by atoms with Gasteiger partial charge in [0, 0.05) is 37.3 Å². The van der Waals surface area contributed by atoms with Gasteiger partial charge in [0.25, 0.3) is 0 Å². The van der Waals surface area contributed by atoms with Crippen LogP contribution in [-0.2, 0) is 9.53 Å². The van der Waals surface area contributed by atoms with Crippen molar-refractivity contribution >= 4 is 30.1 Å². The van der Waals surface area contributed by atoms with E-state index in [0.717, 1.165) is 0 Å². The molecule has 0 aliphatic carbocycles. The minimum Gasteiger partial charge on any atom is -0.444 e. The number of ether oxygens (including phenoxy) is 1. The summed E-state index contributed by atoms with van der Waals surface area (Å²) in [7, 11) is 0. The number of carbonyl (C=O) groups is 3. The quantitative estimate of drug-likeness (QED) is 0.520. The van der Waals surface area contributed by atoms with Crippen molar-refractivity contribution in [1.29, 1.82) is 0 Å². The number of likely N-dealkylation sites (tertiary alicyclic amines) is 1. The number of hydrogen-bond acceptors (Lipinski definition) is 4. The van der Waals surface area contributed by atoms with Crippen molar-refractivity contribution in [2.45, 2.75) is 26.4 Å². The van der Waals surface area contributed by atoms with Crippen LogP contribution in [0.3, 0.4) is 0 Å². The number of hydrogen-bond donors (Lipinski definition) is 0. The molecule has 0 aromatic heterocycles. The third-order valence-corrected chi connectivity index (χ3v) is 6.20. The van der Waals surface area contributed by atoms with E-state index in [0.29, 0.717) is 48.5 Å². The molecule has 0 atom stereocenters. The molecule has 200 valence electrons. The lowest BCUT2D eigenvalue weighted by atomic mass is 9.94. The van der Waals surface area contributed by atoms with E-state index in [2.05, 4.69) is 0 Å². The number of piperazine rings is 1. The molecule has 2 aromatic carbocycles. The van der Waals surface area contributed by atoms with Crippen LogP contribution in [-0.4, -0.2) is 77.5 Å². The van der Waals surface area contributed by atoms with E-state index in [4.69, 9.17) is 4.74 Å². The fourth-order valence-corrected chi connectivity index (χ4v) is 4.30. The van der Waals surface area contributed by atoms with Gasteiger partial charge in [0.15, 0.2) is 5.78 Å². The van der Waals surface area contributed by atoms with Gasteiger partial charge in [-0.1, -0.05) is 24.3 Å². The molecule has 2 fully saturated rings. The number of Topliss-reactive ketones (excluding diaryl/α,β-unsaturated/α-hetero) is 1. The first-order valence-corrected chi connectivity index (χ1v) is 12.5. The lowest BCUT2D eigenvalue weighted by Gasteiger charge is -2.39. The predicted octanol–water partition coefficient (Wildman–Crippen LogP) is 4.99. The average Bonchev–Trinajstić information content (AvgIpc) is 2.87. The minimum atomic E-state index is -0.606. The van der Waals surface area contributed by atoms with E-state index in [-0.39, 0.29) is 36.5 Å². The van der Waals surface area contributed by atoms with Gasteiger partial charge in [-0.05, 0) is 68.3 Å². The fourth-order valence-electron chi connectivity index (χ4n) is 4.30. The summed E-state index contributed by atoms with van der Waals surface area (Å²) in [5.74, 6) is -1.000. The second-order valence-electron chi connectivity index (χ2n) is 10.4. The van der Waals surface area contributed by atoms with E-state index >= 15 is 0 Å². The van der Waals surface area contributed by atoms with E-state index in [1.54, 1.807) is 71.9 Å². The van der Waals surface area contributed by atoms with Gasteiger partial charge in [-0.2, -0.15) is 0 Å². The Hall–Kier alpha value is -4.01. The molecule has 2 saturated heterocycles. The summed E-state index contributed by atoms with van der Waals surface area (Å²) < 4.78 is 32.2. The normalized spacial score (nSPS) is 18.8. The van der Waals surface area contributed by atoms with E-state index in [1.807, 2.05) is 0 Å². The van der Waals surface area contributed by atoms with Crippen LogP contribution in [0.15, 0.2) is 59.7 Å². The summed E-state index contributed by atoms with van der Waals surface area (Å²) >= 11 is 0. The summed E-state index contributed by atoms with van der Waals surface area (Å²) in [4.78, 5) is 44.1. The summed E-state index contributed by atoms with van der Waals surface area (Å²) in [6.07, 6.45) is 2.89. The Labute approximate surface area is 221 Å². The SMILES string of the molecule is CC(C)(C)OC(=O)N1CCN(C(=O)N2C/C(=C\c3ccc(F)cc3)C(=O)/C(=C/c3ccc(F)cc3)C2)CC1. The minimum absolute atomic E-state index is 0.0854. The highest BCUT2D eigenvalue weighted by molar-refractivity contribution is 6.15. The number of urea groups is 1. The summed E-state index contributed by atoms with van der Waals surface area (Å²) in [6.45, 7) is 6.91. The third-order valence-electron chi connectivity index (χ3n) is 6.20. The lowest BCUT2D eigenvalue weighted by Crippen LogP contribution is -2.56. The summed E-state index contributed by atoms with van der Waals surface area (Å²) in [5.41, 5.74) is 1.44. The molecule has 0 bridgehead atoms. The fraction of sp³-hybridized carbons (Fsp3) is 0.345. The van der Waals surface area contributed by atoms with Crippen LogP contribution in [0, 0.1) is 11.6 Å². The Morgan fingerprint density at radius 3 is 1.58 bits per heavy atom. The molecule has 0 spiro atoms. The molecule has 38 heavy (non-hydrogen) atoms. The van der Waals surface area contributed by atoms with Crippen LogP contribution in [0.1, 0.15) is 31.9 Å². The van der Waals surface area contributed by atoms with Crippen molar-refractivity contribution in [3.8, 4) is 0 Å². The Morgan fingerprint density at radius 2 is 1.16 bits per heavy atom. The Morgan fingerprint density at radius 1 is 0.737 bits per heavy atom. The van der Waals surface area contributed by atoms with Gasteiger partial charge >= 0.3 is 12.1 Å². The summed E-state index contributed by atoms with van der Waals surface area (Å²) in [5, 5.41) is 0. The second-order valence-corrected chi connectivity index (χ2v) is 10.4. The predicted molar refractivity (Wildman–Crippen MR) is 140 cm³/mol. The Kier molecular flexibility index (Phi) is 7.94. The summed E-state index contributed by atoms with van der Waals surface area (Å²) in [6, 6.07) is 11.2. The third kappa shape index (κ3) is 6.85. The first kappa shape index (κ1) is 27.0. The molecule has 2 heterocycles. The molecular weight excluding hydrogens is 492 g/mol. The number of ketones is 1. The molecule has 2 aromatic rings. The second kappa shape index (κ2) is 11.2. The maximum Gasteiger partial charge on any atom is 0.410 e. The molecule has 2 aliphatic rings. The zero-order valence-electron chi connectivity index (χ0n) is 21.7. The van der Waals surface area contributed by atoms with Gasteiger partial charge in [-0.3, -0.25) is 4.79 Å². The van der Waals surface area contributed by atoms with Gasteiger partial charge in [0.05, 0.1) is 13.1 Å². The first-order chi connectivity index (χ1) is 18.0. The molecule has 0 N–H and O–H groups in total. The standard InChI is InChI=1S/C29H31F2N3O4/c1-29(2,3)38-28(37)33-14-12-32(13-15-33)27(36)34-18-22(16-20-4-8-24(30)9-5-20)26(35)23(19-34)17-21-6-10-25(31)11-7-21/h4-11,16-17H,12-15,18-19H2,1-3H3/b22-16+,23-17+. The van der Waals surface area contributed by atoms with E-state index in [9.17, 15) is 23.2 Å². The highest BCUT2D eigenvalue weighted by Crippen LogP contribution is 2.24. The van der Waals surface area contributed by atoms with Gasteiger partial charge in [0.1, 0.15) is 17.2 Å². The number of benzene rings is 2. The van der Waals surface area contributed by atoms with Gasteiger partial charge in [-0.15, -0.1) is 0 Å². The first-order valence-electron chi connectivity index (χ1n) is 12.5. The number of carbonyl (C=O) groups excluding carboxylic acids is 3. The zero-order chi connectivity index (χ0) is 27.4. The average molecular weight is 524 g/mol. The Bertz CT molecular complexity index is 1190. The van der Waals surface area contributed by atoms with Crippen LogP contribution in [0.5, 0.6) is 0 Å². The zero-order valence-corrected chi connectivity index (χ0v) is 21.7. The number of rotatable bonds is 2.